The van der Waals surface area contributed by atoms with E-state index < -0.39 is 11.9 Å². The number of carbonyl (C=O) groups is 1. The summed E-state index contributed by atoms with van der Waals surface area (Å²) in [6.07, 6.45) is -2.29. The number of carbonyl (C=O) groups excluding carboxylic acids is 1. The first kappa shape index (κ1) is 18.4. The molecule has 0 saturated heterocycles. The number of amides is 1. The molecular weight excluding hydrogens is 353 g/mol. The number of methoxy groups -OCH3 is 1. The second-order valence-electron chi connectivity index (χ2n) is 6.39. The third-order valence-corrected chi connectivity index (χ3v) is 4.32. The Hall–Kier alpha value is -2.36. The van der Waals surface area contributed by atoms with Gasteiger partial charge < -0.3 is 18.7 Å². The molecule has 0 saturated carbocycles. The molecule has 3 rings (SSSR count). The van der Waals surface area contributed by atoms with Crippen molar-refractivity contribution in [3.05, 3.63) is 35.2 Å². The highest BCUT2D eigenvalue weighted by atomic mass is 19.4. The van der Waals surface area contributed by atoms with Gasteiger partial charge in [0.1, 0.15) is 12.4 Å². The maximum Gasteiger partial charge on any atom is 0.434 e. The summed E-state index contributed by atoms with van der Waals surface area (Å²) >= 11 is 0. The highest BCUT2D eigenvalue weighted by Crippen LogP contribution is 2.30. The van der Waals surface area contributed by atoms with E-state index in [9.17, 15) is 18.0 Å². The zero-order valence-corrected chi connectivity index (χ0v) is 14.4. The molecule has 3 heterocycles. The Labute approximate surface area is 147 Å². The average Bonchev–Trinajstić information content (AvgIpc) is 3.20. The molecule has 142 valence electrons. The summed E-state index contributed by atoms with van der Waals surface area (Å²) in [6, 6.07) is 1.52. The SMILES string of the molecule is COCc1cc(C(=O)N(C)C[C@H]2CCc3nc(C(F)(F)F)cn3C2)no1. The summed E-state index contributed by atoms with van der Waals surface area (Å²) in [7, 11) is 3.14. The first-order chi connectivity index (χ1) is 12.3. The van der Waals surface area contributed by atoms with E-state index in [1.807, 2.05) is 0 Å². The zero-order chi connectivity index (χ0) is 18.9. The fourth-order valence-corrected chi connectivity index (χ4v) is 3.09. The fourth-order valence-electron chi connectivity index (χ4n) is 3.09. The molecule has 0 aromatic carbocycles. The van der Waals surface area contributed by atoms with E-state index in [0.717, 1.165) is 6.20 Å². The van der Waals surface area contributed by atoms with Crippen molar-refractivity contribution in [1.29, 1.82) is 0 Å². The molecule has 2 aromatic heterocycles. The van der Waals surface area contributed by atoms with Crippen LogP contribution in [0.4, 0.5) is 13.2 Å². The van der Waals surface area contributed by atoms with Gasteiger partial charge in [0.05, 0.1) is 0 Å². The van der Waals surface area contributed by atoms with Crippen molar-refractivity contribution in [2.24, 2.45) is 5.92 Å². The van der Waals surface area contributed by atoms with Gasteiger partial charge in [0.2, 0.25) is 0 Å². The maximum atomic E-state index is 12.8. The first-order valence-electron chi connectivity index (χ1n) is 8.11. The van der Waals surface area contributed by atoms with Gasteiger partial charge in [-0.15, -0.1) is 0 Å². The van der Waals surface area contributed by atoms with E-state index in [4.69, 9.17) is 9.26 Å². The highest BCUT2D eigenvalue weighted by Gasteiger charge is 2.36. The summed E-state index contributed by atoms with van der Waals surface area (Å²) in [5.74, 6) is 0.619. The van der Waals surface area contributed by atoms with Crippen molar-refractivity contribution in [2.75, 3.05) is 20.7 Å². The lowest BCUT2D eigenvalue weighted by Gasteiger charge is -2.27. The molecule has 2 aromatic rings. The zero-order valence-electron chi connectivity index (χ0n) is 14.4. The molecule has 0 fully saturated rings. The number of halogens is 3. The molecule has 0 radical (unpaired) electrons. The van der Waals surface area contributed by atoms with Crippen LogP contribution in [0.15, 0.2) is 16.8 Å². The number of alkyl halides is 3. The van der Waals surface area contributed by atoms with Crippen LogP contribution in [0.2, 0.25) is 0 Å². The van der Waals surface area contributed by atoms with E-state index in [1.165, 1.54) is 22.6 Å². The van der Waals surface area contributed by atoms with Gasteiger partial charge in [-0.25, -0.2) is 4.98 Å². The lowest BCUT2D eigenvalue weighted by Crippen LogP contribution is -2.35. The van der Waals surface area contributed by atoms with Crippen molar-refractivity contribution in [3.8, 4) is 0 Å². The third-order valence-electron chi connectivity index (χ3n) is 4.32. The van der Waals surface area contributed by atoms with Crippen molar-refractivity contribution >= 4 is 5.91 Å². The molecule has 0 N–H and O–H groups in total. The van der Waals surface area contributed by atoms with Gasteiger partial charge in [-0.2, -0.15) is 13.2 Å². The van der Waals surface area contributed by atoms with Crippen molar-refractivity contribution in [1.82, 2.24) is 19.6 Å². The van der Waals surface area contributed by atoms with Gasteiger partial charge in [-0.3, -0.25) is 4.79 Å². The number of nitrogens with zero attached hydrogens (tertiary/aromatic N) is 4. The molecule has 1 atom stereocenters. The lowest BCUT2D eigenvalue weighted by atomic mass is 9.99. The van der Waals surface area contributed by atoms with Crippen LogP contribution in [-0.4, -0.2) is 46.2 Å². The number of aryl methyl sites for hydroxylation is 1. The number of hydrogen-bond acceptors (Lipinski definition) is 5. The standard InChI is InChI=1S/C16H19F3N4O3/c1-22(15(24)12-5-11(9-25-2)26-21-12)6-10-3-4-14-20-13(16(17,18)19)8-23(14)7-10/h5,8,10H,3-4,6-7,9H2,1-2H3/t10-/m1/s1. The minimum atomic E-state index is -4.44. The minimum Gasteiger partial charge on any atom is -0.377 e. The molecule has 0 aliphatic carbocycles. The number of aromatic nitrogens is 3. The topological polar surface area (TPSA) is 73.4 Å². The van der Waals surface area contributed by atoms with Gasteiger partial charge in [-0.05, 0) is 12.3 Å². The third kappa shape index (κ3) is 3.90. The number of fused-ring (bicyclic) bond motifs is 1. The highest BCUT2D eigenvalue weighted by molar-refractivity contribution is 5.92. The van der Waals surface area contributed by atoms with Crippen molar-refractivity contribution in [2.45, 2.75) is 32.2 Å². The molecule has 7 nitrogen and oxygen atoms in total. The van der Waals surface area contributed by atoms with Crippen molar-refractivity contribution < 1.29 is 27.2 Å². The molecule has 1 aliphatic heterocycles. The smallest absolute Gasteiger partial charge is 0.377 e. The Kier molecular flexibility index (Phi) is 5.03. The Morgan fingerprint density at radius 1 is 1.50 bits per heavy atom. The van der Waals surface area contributed by atoms with Crippen LogP contribution in [0, 0.1) is 5.92 Å². The maximum absolute atomic E-state index is 12.8. The van der Waals surface area contributed by atoms with E-state index in [-0.39, 0.29) is 24.1 Å². The predicted molar refractivity (Wildman–Crippen MR) is 83.2 cm³/mol. The average molecular weight is 372 g/mol. The largest absolute Gasteiger partial charge is 0.434 e. The summed E-state index contributed by atoms with van der Waals surface area (Å²) in [6.45, 7) is 1.02. The summed E-state index contributed by atoms with van der Waals surface area (Å²) < 4.78 is 49.8. The van der Waals surface area contributed by atoms with Crippen LogP contribution in [-0.2, 0) is 30.5 Å². The van der Waals surface area contributed by atoms with Gasteiger partial charge in [0.25, 0.3) is 5.91 Å². The second kappa shape index (κ2) is 7.10. The van der Waals surface area contributed by atoms with Crippen LogP contribution >= 0.6 is 0 Å². The van der Waals surface area contributed by atoms with E-state index in [1.54, 1.807) is 7.05 Å². The summed E-state index contributed by atoms with van der Waals surface area (Å²) in [4.78, 5) is 17.6. The first-order valence-corrected chi connectivity index (χ1v) is 8.11. The normalized spacial score (nSPS) is 17.2. The number of imidazole rings is 1. The van der Waals surface area contributed by atoms with E-state index in [2.05, 4.69) is 10.1 Å². The second-order valence-corrected chi connectivity index (χ2v) is 6.39. The molecule has 0 spiro atoms. The molecule has 1 amide bonds. The van der Waals surface area contributed by atoms with Crippen molar-refractivity contribution in [3.63, 3.8) is 0 Å². The van der Waals surface area contributed by atoms with Crippen LogP contribution in [0.1, 0.15) is 34.2 Å². The quantitative estimate of drug-likeness (QED) is 0.806. The molecule has 10 heteroatoms. The molecule has 0 unspecified atom stereocenters. The molecule has 1 aliphatic rings. The Bertz CT molecular complexity index is 784. The Morgan fingerprint density at radius 2 is 2.27 bits per heavy atom. The Morgan fingerprint density at radius 3 is 2.96 bits per heavy atom. The van der Waals surface area contributed by atoms with Crippen LogP contribution in [0.3, 0.4) is 0 Å². The predicted octanol–water partition coefficient (Wildman–Crippen LogP) is 2.37. The summed E-state index contributed by atoms with van der Waals surface area (Å²) in [5.41, 5.74) is -0.691. The van der Waals surface area contributed by atoms with Gasteiger partial charge in [0, 0.05) is 45.9 Å². The Balaban J connectivity index is 1.62. The van der Waals surface area contributed by atoms with Gasteiger partial charge in [0.15, 0.2) is 17.1 Å². The number of ether oxygens (including phenoxy) is 1. The van der Waals surface area contributed by atoms with Crippen LogP contribution in [0.25, 0.3) is 0 Å². The molecule has 0 bridgehead atoms. The number of rotatable bonds is 5. The molecule has 26 heavy (non-hydrogen) atoms. The van der Waals surface area contributed by atoms with Crippen LogP contribution < -0.4 is 0 Å². The van der Waals surface area contributed by atoms with E-state index >= 15 is 0 Å². The number of hydrogen-bond donors (Lipinski definition) is 0. The lowest BCUT2D eigenvalue weighted by molar-refractivity contribution is -0.141. The van der Waals surface area contributed by atoms with E-state index in [0.29, 0.717) is 37.5 Å². The monoisotopic (exact) mass is 372 g/mol. The van der Waals surface area contributed by atoms with Crippen LogP contribution in [0.5, 0.6) is 0 Å². The molecular formula is C16H19F3N4O3. The van der Waals surface area contributed by atoms with Gasteiger partial charge >= 0.3 is 6.18 Å². The minimum absolute atomic E-state index is 0.0390. The fraction of sp³-hybridized carbons (Fsp3) is 0.562. The van der Waals surface area contributed by atoms with Gasteiger partial charge in [-0.1, -0.05) is 5.16 Å². The summed E-state index contributed by atoms with van der Waals surface area (Å²) in [5, 5.41) is 3.73.